The molecule has 3 rings (SSSR count). The Kier molecular flexibility index (Phi) is 3.47. The van der Waals surface area contributed by atoms with Gasteiger partial charge in [0.05, 0.1) is 0 Å². The van der Waals surface area contributed by atoms with E-state index in [4.69, 9.17) is 0 Å². The van der Waals surface area contributed by atoms with E-state index in [1.165, 1.54) is 23.9 Å². The summed E-state index contributed by atoms with van der Waals surface area (Å²) in [6.07, 6.45) is 5.36. The fourth-order valence-electron chi connectivity index (χ4n) is 1.91. The van der Waals surface area contributed by atoms with Crippen molar-refractivity contribution in [3.05, 3.63) is 54.6 Å². The molecule has 0 bridgehead atoms. The Morgan fingerprint density at radius 1 is 1.10 bits per heavy atom. The SMILES string of the molecule is CSc1nnc(-c2cccnc2)n1-c1ccc(F)cc1. The summed E-state index contributed by atoms with van der Waals surface area (Å²) in [4.78, 5) is 4.10. The average molecular weight is 286 g/mol. The van der Waals surface area contributed by atoms with E-state index in [0.717, 1.165) is 16.4 Å². The first kappa shape index (κ1) is 12.8. The maximum absolute atomic E-state index is 13.1. The van der Waals surface area contributed by atoms with Gasteiger partial charge in [-0.1, -0.05) is 11.8 Å². The van der Waals surface area contributed by atoms with Gasteiger partial charge in [-0.2, -0.15) is 0 Å². The van der Waals surface area contributed by atoms with Crippen molar-refractivity contribution in [1.82, 2.24) is 19.7 Å². The Morgan fingerprint density at radius 3 is 2.55 bits per heavy atom. The quantitative estimate of drug-likeness (QED) is 0.694. The fraction of sp³-hybridized carbons (Fsp3) is 0.0714. The maximum Gasteiger partial charge on any atom is 0.195 e. The number of hydrogen-bond donors (Lipinski definition) is 0. The molecule has 0 amide bonds. The predicted octanol–water partition coefficient (Wildman–Crippen LogP) is 3.19. The molecule has 0 fully saturated rings. The van der Waals surface area contributed by atoms with Crippen LogP contribution in [0.15, 0.2) is 53.9 Å². The van der Waals surface area contributed by atoms with E-state index < -0.39 is 0 Å². The smallest absolute Gasteiger partial charge is 0.195 e. The largest absolute Gasteiger partial charge is 0.270 e. The van der Waals surface area contributed by atoms with Crippen LogP contribution in [-0.4, -0.2) is 26.0 Å². The molecule has 0 saturated heterocycles. The molecule has 0 aliphatic carbocycles. The number of pyridine rings is 1. The van der Waals surface area contributed by atoms with E-state index >= 15 is 0 Å². The second-order valence-corrected chi connectivity index (χ2v) is 4.84. The van der Waals surface area contributed by atoms with Crippen molar-refractivity contribution >= 4 is 11.8 Å². The highest BCUT2D eigenvalue weighted by Gasteiger charge is 2.14. The van der Waals surface area contributed by atoms with Crippen LogP contribution >= 0.6 is 11.8 Å². The molecule has 100 valence electrons. The van der Waals surface area contributed by atoms with Gasteiger partial charge in [0.2, 0.25) is 0 Å². The number of halogens is 1. The summed E-state index contributed by atoms with van der Waals surface area (Å²) in [5.41, 5.74) is 1.68. The van der Waals surface area contributed by atoms with Crippen molar-refractivity contribution < 1.29 is 4.39 Å². The number of hydrogen-bond acceptors (Lipinski definition) is 4. The van der Waals surface area contributed by atoms with Crippen molar-refractivity contribution in [2.45, 2.75) is 5.16 Å². The van der Waals surface area contributed by atoms with Gasteiger partial charge in [-0.05, 0) is 42.7 Å². The molecular formula is C14H11FN4S. The molecule has 0 unspecified atom stereocenters. The van der Waals surface area contributed by atoms with E-state index in [9.17, 15) is 4.39 Å². The second-order valence-electron chi connectivity index (χ2n) is 4.06. The molecule has 0 saturated carbocycles. The number of rotatable bonds is 3. The molecule has 0 N–H and O–H groups in total. The Morgan fingerprint density at radius 2 is 1.90 bits per heavy atom. The summed E-state index contributed by atoms with van der Waals surface area (Å²) in [5.74, 6) is 0.421. The molecule has 20 heavy (non-hydrogen) atoms. The van der Waals surface area contributed by atoms with E-state index in [1.54, 1.807) is 24.5 Å². The Labute approximate surface area is 119 Å². The fourth-order valence-corrected chi connectivity index (χ4v) is 2.40. The van der Waals surface area contributed by atoms with Crippen LogP contribution in [0.4, 0.5) is 4.39 Å². The predicted molar refractivity (Wildman–Crippen MR) is 76.3 cm³/mol. The monoisotopic (exact) mass is 286 g/mol. The molecule has 0 atom stereocenters. The van der Waals surface area contributed by atoms with E-state index in [1.807, 2.05) is 23.0 Å². The van der Waals surface area contributed by atoms with Gasteiger partial charge in [0.25, 0.3) is 0 Å². The number of thioether (sulfide) groups is 1. The second kappa shape index (κ2) is 5.42. The van der Waals surface area contributed by atoms with Gasteiger partial charge in [0.1, 0.15) is 5.82 Å². The highest BCUT2D eigenvalue weighted by atomic mass is 32.2. The van der Waals surface area contributed by atoms with Crippen LogP contribution in [-0.2, 0) is 0 Å². The Hall–Kier alpha value is -2.21. The molecule has 6 heteroatoms. The normalized spacial score (nSPS) is 10.7. The molecule has 2 aromatic heterocycles. The zero-order valence-electron chi connectivity index (χ0n) is 10.7. The summed E-state index contributed by atoms with van der Waals surface area (Å²) < 4.78 is 15.0. The minimum absolute atomic E-state index is 0.268. The van der Waals surface area contributed by atoms with Crippen LogP contribution in [0.5, 0.6) is 0 Å². The molecule has 0 radical (unpaired) electrons. The van der Waals surface area contributed by atoms with E-state index in [0.29, 0.717) is 5.82 Å². The standard InChI is InChI=1S/C14H11FN4S/c1-20-14-18-17-13(10-3-2-8-16-9-10)19(14)12-6-4-11(15)5-7-12/h2-9H,1H3. The molecule has 0 spiro atoms. The first-order chi connectivity index (χ1) is 9.79. The first-order valence-corrected chi connectivity index (χ1v) is 7.18. The topological polar surface area (TPSA) is 43.6 Å². The summed E-state index contributed by atoms with van der Waals surface area (Å²) in [7, 11) is 0. The highest BCUT2D eigenvalue weighted by Crippen LogP contribution is 2.26. The first-order valence-electron chi connectivity index (χ1n) is 5.95. The van der Waals surface area contributed by atoms with Gasteiger partial charge in [-0.25, -0.2) is 4.39 Å². The lowest BCUT2D eigenvalue weighted by Gasteiger charge is -2.09. The number of nitrogens with zero attached hydrogens (tertiary/aromatic N) is 4. The van der Waals surface area contributed by atoms with Gasteiger partial charge in [-0.3, -0.25) is 9.55 Å². The van der Waals surface area contributed by atoms with Crippen molar-refractivity contribution in [1.29, 1.82) is 0 Å². The molecule has 0 aliphatic heterocycles. The van der Waals surface area contributed by atoms with E-state index in [2.05, 4.69) is 15.2 Å². The molecule has 1 aromatic carbocycles. The van der Waals surface area contributed by atoms with Gasteiger partial charge >= 0.3 is 0 Å². The minimum Gasteiger partial charge on any atom is -0.270 e. The van der Waals surface area contributed by atoms with Crippen LogP contribution < -0.4 is 0 Å². The van der Waals surface area contributed by atoms with Crippen molar-refractivity contribution in [3.63, 3.8) is 0 Å². The lowest BCUT2D eigenvalue weighted by molar-refractivity contribution is 0.627. The van der Waals surface area contributed by atoms with Crippen LogP contribution in [0.2, 0.25) is 0 Å². The van der Waals surface area contributed by atoms with Gasteiger partial charge in [0.15, 0.2) is 11.0 Å². The summed E-state index contributed by atoms with van der Waals surface area (Å²) >= 11 is 1.49. The molecule has 3 aromatic rings. The van der Waals surface area contributed by atoms with Crippen LogP contribution in [0.1, 0.15) is 0 Å². The Bertz CT molecular complexity index is 710. The van der Waals surface area contributed by atoms with Crippen LogP contribution in [0, 0.1) is 5.82 Å². The zero-order chi connectivity index (χ0) is 13.9. The van der Waals surface area contributed by atoms with Gasteiger partial charge < -0.3 is 0 Å². The van der Waals surface area contributed by atoms with Crippen molar-refractivity contribution in [2.75, 3.05) is 6.26 Å². The third-order valence-corrected chi connectivity index (χ3v) is 3.45. The van der Waals surface area contributed by atoms with Gasteiger partial charge in [0, 0.05) is 23.6 Å². The molecular weight excluding hydrogens is 275 g/mol. The number of benzene rings is 1. The number of aromatic nitrogens is 4. The maximum atomic E-state index is 13.1. The van der Waals surface area contributed by atoms with Crippen LogP contribution in [0.3, 0.4) is 0 Å². The molecule has 2 heterocycles. The average Bonchev–Trinajstić information content (AvgIpc) is 2.93. The highest BCUT2D eigenvalue weighted by molar-refractivity contribution is 7.98. The molecule has 0 aliphatic rings. The third-order valence-electron chi connectivity index (χ3n) is 2.82. The Balaban J connectivity index is 2.18. The molecule has 4 nitrogen and oxygen atoms in total. The lowest BCUT2D eigenvalue weighted by Crippen LogP contribution is -1.99. The lowest BCUT2D eigenvalue weighted by atomic mass is 10.2. The summed E-state index contributed by atoms with van der Waals surface area (Å²) in [6.45, 7) is 0. The third kappa shape index (κ3) is 2.30. The van der Waals surface area contributed by atoms with Crippen LogP contribution in [0.25, 0.3) is 17.1 Å². The van der Waals surface area contributed by atoms with E-state index in [-0.39, 0.29) is 5.82 Å². The minimum atomic E-state index is -0.268. The van der Waals surface area contributed by atoms with Gasteiger partial charge in [-0.15, -0.1) is 10.2 Å². The summed E-state index contributed by atoms with van der Waals surface area (Å²) in [6, 6.07) is 10.0. The zero-order valence-corrected chi connectivity index (χ0v) is 11.5. The summed E-state index contributed by atoms with van der Waals surface area (Å²) in [5, 5.41) is 9.12. The van der Waals surface area contributed by atoms with Crippen molar-refractivity contribution in [3.8, 4) is 17.1 Å². The van der Waals surface area contributed by atoms with Crippen molar-refractivity contribution in [2.24, 2.45) is 0 Å².